The van der Waals surface area contributed by atoms with Crippen molar-refractivity contribution >= 4 is 40.7 Å². The Morgan fingerprint density at radius 1 is 1.33 bits per heavy atom. The van der Waals surface area contributed by atoms with Gasteiger partial charge in [0.15, 0.2) is 0 Å². The van der Waals surface area contributed by atoms with Crippen LogP contribution in [0, 0.1) is 0 Å². The van der Waals surface area contributed by atoms with Gasteiger partial charge in [-0.1, -0.05) is 23.2 Å². The van der Waals surface area contributed by atoms with Gasteiger partial charge in [-0.25, -0.2) is 0 Å². The first-order valence-electron chi connectivity index (χ1n) is 6.18. The summed E-state index contributed by atoms with van der Waals surface area (Å²) in [7, 11) is 1.53. The van der Waals surface area contributed by atoms with E-state index in [1.165, 1.54) is 19.2 Å². The molecular formula is C13H17Cl2N3O3. The van der Waals surface area contributed by atoms with Crippen LogP contribution in [-0.4, -0.2) is 38.1 Å². The number of amides is 2. The number of nitrogen functional groups attached to an aromatic ring is 1. The first kappa shape index (κ1) is 17.6. The van der Waals surface area contributed by atoms with Gasteiger partial charge in [0.1, 0.15) is 6.04 Å². The minimum atomic E-state index is -0.704. The summed E-state index contributed by atoms with van der Waals surface area (Å²) in [4.78, 5) is 23.8. The normalized spacial score (nSPS) is 11.8. The topological polar surface area (TPSA) is 93.5 Å². The van der Waals surface area contributed by atoms with E-state index in [4.69, 9.17) is 33.7 Å². The number of hydrogen-bond acceptors (Lipinski definition) is 4. The molecule has 2 amide bonds. The monoisotopic (exact) mass is 333 g/mol. The molecule has 0 aliphatic carbocycles. The Kier molecular flexibility index (Phi) is 6.74. The van der Waals surface area contributed by atoms with Crippen molar-refractivity contribution in [3.8, 4) is 0 Å². The largest absolute Gasteiger partial charge is 0.396 e. The molecular weight excluding hydrogens is 317 g/mol. The molecule has 0 aromatic heterocycles. The fourth-order valence-electron chi connectivity index (χ4n) is 1.49. The van der Waals surface area contributed by atoms with Crippen molar-refractivity contribution < 1.29 is 14.3 Å². The van der Waals surface area contributed by atoms with Gasteiger partial charge < -0.3 is 21.1 Å². The van der Waals surface area contributed by atoms with E-state index >= 15 is 0 Å². The van der Waals surface area contributed by atoms with E-state index in [1.54, 1.807) is 6.92 Å². The van der Waals surface area contributed by atoms with Crippen LogP contribution < -0.4 is 16.4 Å². The Balaban J connectivity index is 2.66. The van der Waals surface area contributed by atoms with E-state index in [-0.39, 0.29) is 27.2 Å². The number of hydrogen-bond donors (Lipinski definition) is 3. The molecule has 0 saturated heterocycles. The summed E-state index contributed by atoms with van der Waals surface area (Å²) < 4.78 is 4.82. The van der Waals surface area contributed by atoms with Crippen molar-refractivity contribution in [2.45, 2.75) is 13.0 Å². The van der Waals surface area contributed by atoms with Crippen LogP contribution in [0.2, 0.25) is 10.0 Å². The molecule has 1 unspecified atom stereocenters. The van der Waals surface area contributed by atoms with Crippen molar-refractivity contribution in [1.29, 1.82) is 0 Å². The smallest absolute Gasteiger partial charge is 0.252 e. The molecule has 1 aromatic carbocycles. The highest BCUT2D eigenvalue weighted by Crippen LogP contribution is 2.28. The zero-order valence-electron chi connectivity index (χ0n) is 11.7. The number of halogens is 2. The van der Waals surface area contributed by atoms with Crippen LogP contribution >= 0.6 is 23.2 Å². The van der Waals surface area contributed by atoms with Crippen molar-refractivity contribution in [3.63, 3.8) is 0 Å². The second kappa shape index (κ2) is 8.07. The van der Waals surface area contributed by atoms with E-state index in [2.05, 4.69) is 10.6 Å². The lowest BCUT2D eigenvalue weighted by Crippen LogP contribution is -2.45. The third-order valence-electron chi connectivity index (χ3n) is 2.69. The van der Waals surface area contributed by atoms with Crippen molar-refractivity contribution in [1.82, 2.24) is 10.6 Å². The van der Waals surface area contributed by atoms with Crippen molar-refractivity contribution in [2.24, 2.45) is 0 Å². The highest BCUT2D eigenvalue weighted by molar-refractivity contribution is 6.39. The second-order valence-electron chi connectivity index (χ2n) is 4.33. The third kappa shape index (κ3) is 5.08. The number of anilines is 1. The second-order valence-corrected chi connectivity index (χ2v) is 5.15. The molecule has 0 heterocycles. The molecule has 0 aliphatic rings. The van der Waals surface area contributed by atoms with Gasteiger partial charge in [-0.15, -0.1) is 0 Å². The van der Waals surface area contributed by atoms with E-state index in [0.717, 1.165) is 0 Å². The van der Waals surface area contributed by atoms with Gasteiger partial charge in [0.25, 0.3) is 5.91 Å². The van der Waals surface area contributed by atoms with E-state index in [0.29, 0.717) is 13.2 Å². The summed E-state index contributed by atoms with van der Waals surface area (Å²) >= 11 is 11.7. The molecule has 21 heavy (non-hydrogen) atoms. The first-order chi connectivity index (χ1) is 9.86. The summed E-state index contributed by atoms with van der Waals surface area (Å²) in [5, 5.41) is 5.54. The number of nitrogens with two attached hydrogens (primary N) is 1. The number of carbonyl (C=O) groups is 2. The number of carbonyl (C=O) groups excluding carboxylic acids is 2. The molecule has 0 bridgehead atoms. The zero-order chi connectivity index (χ0) is 16.0. The highest BCUT2D eigenvalue weighted by Gasteiger charge is 2.17. The van der Waals surface area contributed by atoms with Gasteiger partial charge in [0.05, 0.1) is 22.3 Å². The molecule has 1 atom stereocenters. The van der Waals surface area contributed by atoms with Crippen molar-refractivity contribution in [3.05, 3.63) is 27.7 Å². The Bertz CT molecular complexity index is 514. The number of nitrogens with one attached hydrogen (secondary N) is 2. The molecule has 0 fully saturated rings. The summed E-state index contributed by atoms with van der Waals surface area (Å²) in [6, 6.07) is 2.09. The molecule has 0 spiro atoms. The molecule has 1 rings (SSSR count). The van der Waals surface area contributed by atoms with Crippen LogP contribution in [0.25, 0.3) is 0 Å². The SMILES string of the molecule is COCCNC(=O)C(C)NC(=O)c1cc(Cl)c(N)c(Cl)c1. The molecule has 0 radical (unpaired) electrons. The Morgan fingerprint density at radius 2 is 1.90 bits per heavy atom. The third-order valence-corrected chi connectivity index (χ3v) is 3.31. The Hall–Kier alpha value is -1.50. The molecule has 6 nitrogen and oxygen atoms in total. The lowest BCUT2D eigenvalue weighted by molar-refractivity contribution is -0.122. The molecule has 0 saturated carbocycles. The van der Waals surface area contributed by atoms with Crippen LogP contribution in [0.3, 0.4) is 0 Å². The summed E-state index contributed by atoms with van der Waals surface area (Å²) in [6.45, 7) is 2.34. The fourth-order valence-corrected chi connectivity index (χ4v) is 1.98. The molecule has 8 heteroatoms. The Labute approximate surface area is 132 Å². The summed E-state index contributed by atoms with van der Waals surface area (Å²) in [5.41, 5.74) is 6.04. The van der Waals surface area contributed by atoms with Gasteiger partial charge in [-0.05, 0) is 19.1 Å². The molecule has 0 aliphatic heterocycles. The van der Waals surface area contributed by atoms with Gasteiger partial charge in [-0.2, -0.15) is 0 Å². The first-order valence-corrected chi connectivity index (χ1v) is 6.94. The van der Waals surface area contributed by atoms with E-state index in [1.807, 2.05) is 0 Å². The average Bonchev–Trinajstić information content (AvgIpc) is 2.44. The summed E-state index contributed by atoms with van der Waals surface area (Å²) in [6.07, 6.45) is 0. The summed E-state index contributed by atoms with van der Waals surface area (Å²) in [5.74, 6) is -0.777. The predicted molar refractivity (Wildman–Crippen MR) is 82.7 cm³/mol. The van der Waals surface area contributed by atoms with Gasteiger partial charge in [0.2, 0.25) is 5.91 Å². The number of rotatable bonds is 6. The van der Waals surface area contributed by atoms with Gasteiger partial charge in [-0.3, -0.25) is 9.59 Å². The molecule has 1 aromatic rings. The van der Waals surface area contributed by atoms with Crippen LogP contribution in [-0.2, 0) is 9.53 Å². The molecule has 4 N–H and O–H groups in total. The maximum Gasteiger partial charge on any atom is 0.252 e. The minimum absolute atomic E-state index is 0.185. The van der Waals surface area contributed by atoms with E-state index in [9.17, 15) is 9.59 Å². The number of methoxy groups -OCH3 is 1. The number of benzene rings is 1. The van der Waals surface area contributed by atoms with Crippen molar-refractivity contribution in [2.75, 3.05) is 26.0 Å². The maximum absolute atomic E-state index is 12.0. The predicted octanol–water partition coefficient (Wildman–Crippen LogP) is 1.46. The van der Waals surface area contributed by atoms with Crippen LogP contribution in [0.1, 0.15) is 17.3 Å². The van der Waals surface area contributed by atoms with Gasteiger partial charge in [0, 0.05) is 19.2 Å². The van der Waals surface area contributed by atoms with Gasteiger partial charge >= 0.3 is 0 Å². The molecule has 116 valence electrons. The standard InChI is InChI=1S/C13H17Cl2N3O3/c1-7(12(19)17-3-4-21-2)18-13(20)8-5-9(14)11(16)10(15)6-8/h5-7H,3-4,16H2,1-2H3,(H,17,19)(H,18,20). The fraction of sp³-hybridized carbons (Fsp3) is 0.385. The highest BCUT2D eigenvalue weighted by atomic mass is 35.5. The lowest BCUT2D eigenvalue weighted by atomic mass is 10.1. The van der Waals surface area contributed by atoms with Crippen LogP contribution in [0.4, 0.5) is 5.69 Å². The average molecular weight is 334 g/mol. The number of ether oxygens (including phenoxy) is 1. The Morgan fingerprint density at radius 3 is 2.43 bits per heavy atom. The zero-order valence-corrected chi connectivity index (χ0v) is 13.2. The minimum Gasteiger partial charge on any atom is -0.396 e. The quantitative estimate of drug-likeness (QED) is 0.542. The van der Waals surface area contributed by atoms with Crippen LogP contribution in [0.5, 0.6) is 0 Å². The van der Waals surface area contributed by atoms with Crippen LogP contribution in [0.15, 0.2) is 12.1 Å². The van der Waals surface area contributed by atoms with E-state index < -0.39 is 11.9 Å². The maximum atomic E-state index is 12.0. The lowest BCUT2D eigenvalue weighted by Gasteiger charge is -2.14.